The van der Waals surface area contributed by atoms with Gasteiger partial charge in [-0.15, -0.1) is 11.3 Å². The Balaban J connectivity index is 1.69. The van der Waals surface area contributed by atoms with E-state index in [0.717, 1.165) is 18.4 Å². The lowest BCUT2D eigenvalue weighted by atomic mass is 9.75. The van der Waals surface area contributed by atoms with Gasteiger partial charge in [0, 0.05) is 30.4 Å². The van der Waals surface area contributed by atoms with Gasteiger partial charge in [-0.2, -0.15) is 0 Å². The van der Waals surface area contributed by atoms with Gasteiger partial charge in [0.15, 0.2) is 5.13 Å². The first-order valence-electron chi connectivity index (χ1n) is 8.38. The predicted molar refractivity (Wildman–Crippen MR) is 91.2 cm³/mol. The Labute approximate surface area is 133 Å². The average molecular weight is 308 g/mol. The zero-order valence-corrected chi connectivity index (χ0v) is 14.7. The molecule has 1 aromatic heterocycles. The highest BCUT2D eigenvalue weighted by Crippen LogP contribution is 2.45. The van der Waals surface area contributed by atoms with E-state index in [9.17, 15) is 0 Å². The fourth-order valence-electron chi connectivity index (χ4n) is 3.39. The monoisotopic (exact) mass is 307 g/mol. The fraction of sp³-hybridized carbons (Fsp3) is 0.824. The van der Waals surface area contributed by atoms with Crippen molar-refractivity contribution >= 4 is 16.5 Å². The molecule has 3 rings (SSSR count). The van der Waals surface area contributed by atoms with Gasteiger partial charge in [0.1, 0.15) is 0 Å². The summed E-state index contributed by atoms with van der Waals surface area (Å²) in [7, 11) is 2.03. The van der Waals surface area contributed by atoms with Crippen LogP contribution in [0.4, 0.5) is 5.13 Å². The molecule has 1 N–H and O–H groups in total. The number of rotatable bonds is 4. The largest absolute Gasteiger partial charge is 0.348 e. The molecule has 1 aliphatic carbocycles. The molecule has 0 amide bonds. The van der Waals surface area contributed by atoms with Crippen molar-refractivity contribution in [1.29, 1.82) is 0 Å². The molecule has 0 spiro atoms. The number of piperidine rings is 1. The molecule has 1 saturated heterocycles. The summed E-state index contributed by atoms with van der Waals surface area (Å²) < 4.78 is 0. The van der Waals surface area contributed by atoms with Gasteiger partial charge in [-0.3, -0.25) is 0 Å². The Hall–Kier alpha value is -0.610. The van der Waals surface area contributed by atoms with Crippen molar-refractivity contribution in [3.8, 4) is 0 Å². The summed E-state index contributed by atoms with van der Waals surface area (Å²) in [6.45, 7) is 10.5. The molecule has 118 valence electrons. The third-order valence-corrected chi connectivity index (χ3v) is 6.14. The second kappa shape index (κ2) is 5.88. The van der Waals surface area contributed by atoms with Crippen molar-refractivity contribution in [2.45, 2.75) is 58.9 Å². The summed E-state index contributed by atoms with van der Waals surface area (Å²) in [5.41, 5.74) is 1.84. The molecule has 2 aliphatic rings. The lowest BCUT2D eigenvalue weighted by Crippen LogP contribution is -2.38. The van der Waals surface area contributed by atoms with Crippen LogP contribution in [0.15, 0.2) is 0 Å². The van der Waals surface area contributed by atoms with E-state index in [-0.39, 0.29) is 0 Å². The molecule has 1 aliphatic heterocycles. The molecule has 0 aromatic carbocycles. The van der Waals surface area contributed by atoms with E-state index >= 15 is 0 Å². The van der Waals surface area contributed by atoms with Crippen LogP contribution in [0.5, 0.6) is 0 Å². The quantitative estimate of drug-likeness (QED) is 0.911. The minimum absolute atomic E-state index is 0.450. The lowest BCUT2D eigenvalue weighted by Gasteiger charge is -2.38. The molecule has 0 radical (unpaired) electrons. The van der Waals surface area contributed by atoms with E-state index in [1.165, 1.54) is 54.5 Å². The molecule has 2 fully saturated rings. The van der Waals surface area contributed by atoms with Gasteiger partial charge in [0.05, 0.1) is 5.69 Å². The molecule has 0 bridgehead atoms. The number of nitrogens with one attached hydrogen (secondary N) is 1. The van der Waals surface area contributed by atoms with Gasteiger partial charge in [0.25, 0.3) is 0 Å². The molecule has 1 saturated carbocycles. The van der Waals surface area contributed by atoms with Crippen molar-refractivity contribution in [3.05, 3.63) is 10.6 Å². The summed E-state index contributed by atoms with van der Waals surface area (Å²) in [4.78, 5) is 9.00. The van der Waals surface area contributed by atoms with Crippen LogP contribution in [0.3, 0.4) is 0 Å². The number of nitrogens with zero attached hydrogens (tertiary/aromatic N) is 2. The van der Waals surface area contributed by atoms with Gasteiger partial charge >= 0.3 is 0 Å². The van der Waals surface area contributed by atoms with Crippen LogP contribution < -0.4 is 10.2 Å². The molecule has 2 heterocycles. The lowest BCUT2D eigenvalue weighted by molar-refractivity contribution is 0.199. The maximum atomic E-state index is 5.01. The molecule has 4 heteroatoms. The van der Waals surface area contributed by atoms with Crippen LogP contribution in [0, 0.1) is 11.3 Å². The molecular formula is C17H29N3S. The molecule has 1 aromatic rings. The van der Waals surface area contributed by atoms with Gasteiger partial charge in [0.2, 0.25) is 0 Å². The minimum atomic E-state index is 0.450. The first-order chi connectivity index (χ1) is 9.99. The zero-order chi connectivity index (χ0) is 15.0. The SMILES string of the molecule is CNCc1sc(N2CCC(C(C)(C)C)CC2)nc1C1CC1. The van der Waals surface area contributed by atoms with Crippen molar-refractivity contribution in [3.63, 3.8) is 0 Å². The highest BCUT2D eigenvalue weighted by atomic mass is 32.1. The van der Waals surface area contributed by atoms with Crippen LogP contribution >= 0.6 is 11.3 Å². The van der Waals surface area contributed by atoms with E-state index in [1.807, 2.05) is 18.4 Å². The summed E-state index contributed by atoms with van der Waals surface area (Å²) in [6.07, 6.45) is 5.30. The highest BCUT2D eigenvalue weighted by molar-refractivity contribution is 7.15. The van der Waals surface area contributed by atoms with E-state index < -0.39 is 0 Å². The van der Waals surface area contributed by atoms with E-state index in [4.69, 9.17) is 4.98 Å². The average Bonchev–Trinajstić information content (AvgIpc) is 3.20. The fourth-order valence-corrected chi connectivity index (χ4v) is 4.60. The van der Waals surface area contributed by atoms with Gasteiger partial charge in [-0.25, -0.2) is 4.98 Å². The van der Waals surface area contributed by atoms with E-state index in [0.29, 0.717) is 5.41 Å². The molecule has 0 unspecified atom stereocenters. The number of hydrogen-bond acceptors (Lipinski definition) is 4. The molecular weight excluding hydrogens is 278 g/mol. The normalized spacial score (nSPS) is 21.0. The molecule has 3 nitrogen and oxygen atoms in total. The van der Waals surface area contributed by atoms with E-state index in [2.05, 4.69) is 31.0 Å². The Kier molecular flexibility index (Phi) is 4.28. The summed E-state index contributed by atoms with van der Waals surface area (Å²) >= 11 is 1.92. The molecule has 21 heavy (non-hydrogen) atoms. The maximum Gasteiger partial charge on any atom is 0.185 e. The van der Waals surface area contributed by atoms with Crippen LogP contribution in [-0.2, 0) is 6.54 Å². The second-order valence-corrected chi connectivity index (χ2v) is 8.80. The van der Waals surface area contributed by atoms with Crippen molar-refractivity contribution in [2.24, 2.45) is 11.3 Å². The van der Waals surface area contributed by atoms with Gasteiger partial charge < -0.3 is 10.2 Å². The first kappa shape index (κ1) is 15.3. The predicted octanol–water partition coefficient (Wildman–Crippen LogP) is 4.00. The van der Waals surface area contributed by atoms with Crippen molar-refractivity contribution in [2.75, 3.05) is 25.0 Å². The second-order valence-electron chi connectivity index (χ2n) is 7.74. The Morgan fingerprint density at radius 1 is 1.19 bits per heavy atom. The highest BCUT2D eigenvalue weighted by Gasteiger charge is 2.32. The van der Waals surface area contributed by atoms with Crippen LogP contribution in [-0.4, -0.2) is 25.1 Å². The third kappa shape index (κ3) is 3.42. The Morgan fingerprint density at radius 3 is 2.38 bits per heavy atom. The Bertz CT molecular complexity index is 477. The standard InChI is InChI=1S/C17H29N3S/c1-17(2,3)13-7-9-20(10-8-13)16-19-15(12-5-6-12)14(21-16)11-18-4/h12-13,18H,5-11H2,1-4H3. The smallest absolute Gasteiger partial charge is 0.185 e. The van der Waals surface area contributed by atoms with Crippen LogP contribution in [0.2, 0.25) is 0 Å². The van der Waals surface area contributed by atoms with Crippen LogP contribution in [0.25, 0.3) is 0 Å². The minimum Gasteiger partial charge on any atom is -0.348 e. The van der Waals surface area contributed by atoms with Crippen LogP contribution in [0.1, 0.15) is 62.9 Å². The number of hydrogen-bond donors (Lipinski definition) is 1. The van der Waals surface area contributed by atoms with Crippen molar-refractivity contribution in [1.82, 2.24) is 10.3 Å². The number of aromatic nitrogens is 1. The molecule has 0 atom stereocenters. The zero-order valence-electron chi connectivity index (χ0n) is 13.9. The summed E-state index contributed by atoms with van der Waals surface area (Å²) in [5.74, 6) is 1.61. The van der Waals surface area contributed by atoms with Gasteiger partial charge in [-0.1, -0.05) is 20.8 Å². The summed E-state index contributed by atoms with van der Waals surface area (Å²) in [6, 6.07) is 0. The summed E-state index contributed by atoms with van der Waals surface area (Å²) in [5, 5.41) is 4.57. The third-order valence-electron chi connectivity index (χ3n) is 5.01. The topological polar surface area (TPSA) is 28.2 Å². The maximum absolute atomic E-state index is 5.01. The van der Waals surface area contributed by atoms with Gasteiger partial charge in [-0.05, 0) is 44.1 Å². The Morgan fingerprint density at radius 2 is 1.86 bits per heavy atom. The number of thiazole rings is 1. The number of anilines is 1. The first-order valence-corrected chi connectivity index (χ1v) is 9.20. The van der Waals surface area contributed by atoms with E-state index in [1.54, 1.807) is 0 Å². The van der Waals surface area contributed by atoms with Crippen molar-refractivity contribution < 1.29 is 0 Å².